The minimum absolute atomic E-state index is 0.595. The average Bonchev–Trinajstić information content (AvgIpc) is 2.32. The van der Waals surface area contributed by atoms with Gasteiger partial charge in [-0.2, -0.15) is 0 Å². The third-order valence-corrected chi connectivity index (χ3v) is 2.36. The zero-order valence-electron chi connectivity index (χ0n) is 10.0. The second kappa shape index (κ2) is 5.23. The van der Waals surface area contributed by atoms with Crippen molar-refractivity contribution in [3.05, 3.63) is 54.1 Å². The summed E-state index contributed by atoms with van der Waals surface area (Å²) in [5.41, 5.74) is 6.83. The van der Waals surface area contributed by atoms with Crippen molar-refractivity contribution in [1.82, 2.24) is 0 Å². The molecule has 18 heavy (non-hydrogen) atoms. The number of carbonyl (C=O) groups is 1. The third-order valence-electron chi connectivity index (χ3n) is 2.36. The van der Waals surface area contributed by atoms with Crippen molar-refractivity contribution in [2.24, 2.45) is 5.73 Å². The highest BCUT2D eigenvalue weighted by Crippen LogP contribution is 2.24. The zero-order chi connectivity index (χ0) is 13.0. The second-order valence-electron chi connectivity index (χ2n) is 3.93. The molecule has 92 valence electrons. The smallest absolute Gasteiger partial charge is 0.316 e. The minimum Gasteiger partial charge on any atom is -0.457 e. The third kappa shape index (κ3) is 3.25. The summed E-state index contributed by atoms with van der Waals surface area (Å²) in [6, 6.07) is 14.2. The molecular formula is C14H14N2O2. The van der Waals surface area contributed by atoms with E-state index in [1.807, 2.05) is 37.3 Å². The molecule has 0 atom stereocenters. The molecule has 3 N–H and O–H groups in total. The van der Waals surface area contributed by atoms with Gasteiger partial charge in [0, 0.05) is 11.8 Å². The summed E-state index contributed by atoms with van der Waals surface area (Å²) in [6.07, 6.45) is 0. The van der Waals surface area contributed by atoms with Crippen molar-refractivity contribution in [3.63, 3.8) is 0 Å². The molecule has 4 heteroatoms. The summed E-state index contributed by atoms with van der Waals surface area (Å²) in [4.78, 5) is 10.7. The van der Waals surface area contributed by atoms with Crippen molar-refractivity contribution in [2.45, 2.75) is 6.92 Å². The largest absolute Gasteiger partial charge is 0.457 e. The molecule has 2 aromatic carbocycles. The number of nitrogens with two attached hydrogens (primary N) is 1. The minimum atomic E-state index is -0.595. The number of hydrogen-bond donors (Lipinski definition) is 2. The summed E-state index contributed by atoms with van der Waals surface area (Å²) in [6.45, 7) is 2.02. The number of primary amides is 1. The molecule has 0 saturated carbocycles. The van der Waals surface area contributed by atoms with Crippen LogP contribution in [0.4, 0.5) is 10.5 Å². The van der Waals surface area contributed by atoms with E-state index >= 15 is 0 Å². The number of nitrogens with one attached hydrogen (secondary N) is 1. The number of benzene rings is 2. The van der Waals surface area contributed by atoms with Crippen LogP contribution in [-0.2, 0) is 0 Å². The molecule has 0 aliphatic heterocycles. The lowest BCUT2D eigenvalue weighted by molar-refractivity contribution is 0.259. The summed E-state index contributed by atoms with van der Waals surface area (Å²) < 4.78 is 5.66. The lowest BCUT2D eigenvalue weighted by Gasteiger charge is -2.08. The number of ether oxygens (including phenoxy) is 1. The fourth-order valence-corrected chi connectivity index (χ4v) is 1.52. The molecule has 2 rings (SSSR count). The van der Waals surface area contributed by atoms with Crippen LogP contribution in [0, 0.1) is 6.92 Å². The van der Waals surface area contributed by atoms with E-state index in [1.54, 1.807) is 18.2 Å². The van der Waals surface area contributed by atoms with Gasteiger partial charge in [-0.1, -0.05) is 23.8 Å². The van der Waals surface area contributed by atoms with Crippen molar-refractivity contribution >= 4 is 11.7 Å². The van der Waals surface area contributed by atoms with E-state index in [4.69, 9.17) is 10.5 Å². The van der Waals surface area contributed by atoms with E-state index < -0.39 is 6.03 Å². The first-order valence-electron chi connectivity index (χ1n) is 5.54. The monoisotopic (exact) mass is 242 g/mol. The van der Waals surface area contributed by atoms with Crippen LogP contribution in [0.1, 0.15) is 5.56 Å². The molecule has 2 aromatic rings. The Morgan fingerprint density at radius 3 is 2.50 bits per heavy atom. The van der Waals surface area contributed by atoms with Gasteiger partial charge >= 0.3 is 6.03 Å². The standard InChI is InChI=1S/C14H14N2O2/c1-10-5-7-12(8-6-10)18-13-4-2-3-11(9-13)16-14(15)17/h2-9H,1H3,(H3,15,16,17). The molecule has 0 aliphatic carbocycles. The molecule has 0 radical (unpaired) electrons. The molecule has 0 fully saturated rings. The number of aryl methyl sites for hydroxylation is 1. The molecular weight excluding hydrogens is 228 g/mol. The van der Waals surface area contributed by atoms with Gasteiger partial charge in [0.2, 0.25) is 0 Å². The SMILES string of the molecule is Cc1ccc(Oc2cccc(NC(N)=O)c2)cc1. The first-order valence-corrected chi connectivity index (χ1v) is 5.54. The summed E-state index contributed by atoms with van der Waals surface area (Å²) in [5.74, 6) is 1.39. The topological polar surface area (TPSA) is 64.3 Å². The van der Waals surface area contributed by atoms with Crippen LogP contribution in [0.25, 0.3) is 0 Å². The molecule has 4 nitrogen and oxygen atoms in total. The van der Waals surface area contributed by atoms with Crippen LogP contribution < -0.4 is 15.8 Å². The average molecular weight is 242 g/mol. The first-order chi connectivity index (χ1) is 8.63. The fourth-order valence-electron chi connectivity index (χ4n) is 1.52. The maximum atomic E-state index is 10.7. The van der Waals surface area contributed by atoms with Gasteiger partial charge in [-0.3, -0.25) is 0 Å². The Hall–Kier alpha value is -2.49. The van der Waals surface area contributed by atoms with Gasteiger partial charge in [0.1, 0.15) is 11.5 Å². The summed E-state index contributed by atoms with van der Waals surface area (Å²) >= 11 is 0. The Labute approximate surface area is 105 Å². The van der Waals surface area contributed by atoms with Gasteiger partial charge in [-0.15, -0.1) is 0 Å². The van der Waals surface area contributed by atoms with E-state index in [9.17, 15) is 4.79 Å². The summed E-state index contributed by atoms with van der Waals surface area (Å²) in [7, 11) is 0. The predicted octanol–water partition coefficient (Wildman–Crippen LogP) is 3.28. The van der Waals surface area contributed by atoms with Crippen LogP contribution in [0.3, 0.4) is 0 Å². The van der Waals surface area contributed by atoms with Crippen LogP contribution in [0.5, 0.6) is 11.5 Å². The van der Waals surface area contributed by atoms with Crippen LogP contribution in [-0.4, -0.2) is 6.03 Å². The molecule has 2 amide bonds. The Balaban J connectivity index is 2.13. The van der Waals surface area contributed by atoms with Crippen molar-refractivity contribution in [1.29, 1.82) is 0 Å². The first kappa shape index (κ1) is 12.0. The molecule has 0 aliphatic rings. The number of carbonyl (C=O) groups excluding carboxylic acids is 1. The van der Waals surface area contributed by atoms with Crippen molar-refractivity contribution < 1.29 is 9.53 Å². The van der Waals surface area contributed by atoms with E-state index in [0.29, 0.717) is 11.4 Å². The van der Waals surface area contributed by atoms with E-state index in [2.05, 4.69) is 5.32 Å². The van der Waals surface area contributed by atoms with Crippen LogP contribution >= 0.6 is 0 Å². The van der Waals surface area contributed by atoms with Crippen molar-refractivity contribution in [3.8, 4) is 11.5 Å². The number of amides is 2. The maximum Gasteiger partial charge on any atom is 0.316 e. The highest BCUT2D eigenvalue weighted by atomic mass is 16.5. The van der Waals surface area contributed by atoms with Gasteiger partial charge < -0.3 is 15.8 Å². The van der Waals surface area contributed by atoms with Gasteiger partial charge in [0.25, 0.3) is 0 Å². The van der Waals surface area contributed by atoms with E-state index in [0.717, 1.165) is 5.75 Å². The van der Waals surface area contributed by atoms with Gasteiger partial charge in [-0.05, 0) is 31.2 Å². The lowest BCUT2D eigenvalue weighted by atomic mass is 10.2. The molecule has 0 spiro atoms. The number of rotatable bonds is 3. The fraction of sp³-hybridized carbons (Fsp3) is 0.0714. The lowest BCUT2D eigenvalue weighted by Crippen LogP contribution is -2.19. The van der Waals surface area contributed by atoms with E-state index in [1.165, 1.54) is 5.56 Å². The maximum absolute atomic E-state index is 10.7. The predicted molar refractivity (Wildman–Crippen MR) is 70.9 cm³/mol. The number of anilines is 1. The molecule has 0 unspecified atom stereocenters. The van der Waals surface area contributed by atoms with Gasteiger partial charge in [-0.25, -0.2) is 4.79 Å². The Morgan fingerprint density at radius 2 is 1.83 bits per heavy atom. The Morgan fingerprint density at radius 1 is 1.11 bits per heavy atom. The molecule has 0 heterocycles. The molecule has 0 bridgehead atoms. The Bertz CT molecular complexity index is 550. The molecule has 0 aromatic heterocycles. The normalized spacial score (nSPS) is 9.83. The Kier molecular flexibility index (Phi) is 3.48. The van der Waals surface area contributed by atoms with Crippen molar-refractivity contribution in [2.75, 3.05) is 5.32 Å². The highest BCUT2D eigenvalue weighted by molar-refractivity contribution is 5.87. The van der Waals surface area contributed by atoms with E-state index in [-0.39, 0.29) is 0 Å². The van der Waals surface area contributed by atoms with Gasteiger partial charge in [0.15, 0.2) is 0 Å². The quantitative estimate of drug-likeness (QED) is 0.867. The molecule has 0 saturated heterocycles. The number of hydrogen-bond acceptors (Lipinski definition) is 2. The second-order valence-corrected chi connectivity index (χ2v) is 3.93. The summed E-state index contributed by atoms with van der Waals surface area (Å²) in [5, 5.41) is 2.50. The highest BCUT2D eigenvalue weighted by Gasteiger charge is 2.00. The van der Waals surface area contributed by atoms with Crippen LogP contribution in [0.15, 0.2) is 48.5 Å². The number of urea groups is 1. The zero-order valence-corrected chi connectivity index (χ0v) is 10.0. The van der Waals surface area contributed by atoms with Gasteiger partial charge in [0.05, 0.1) is 0 Å². The van der Waals surface area contributed by atoms with Crippen LogP contribution in [0.2, 0.25) is 0 Å².